The van der Waals surface area contributed by atoms with Crippen LogP contribution < -0.4 is 0 Å². The van der Waals surface area contributed by atoms with Crippen LogP contribution in [0.4, 0.5) is 0 Å². The molecule has 1 aliphatic carbocycles. The van der Waals surface area contributed by atoms with Crippen molar-refractivity contribution in [3.8, 4) is 0 Å². The summed E-state index contributed by atoms with van der Waals surface area (Å²) in [4.78, 5) is 22.3. The van der Waals surface area contributed by atoms with Crippen molar-refractivity contribution in [2.75, 3.05) is 19.6 Å². The van der Waals surface area contributed by atoms with Gasteiger partial charge in [0.05, 0.1) is 13.1 Å². The standard InChI is InChI=1S/C9H15NO4/c11-8(12)5-10(6-9(13)14)4-3-7-1-2-7/h7H,1-6H2,(H,11,12)(H,13,14). The van der Waals surface area contributed by atoms with Crippen LogP contribution in [0.25, 0.3) is 0 Å². The van der Waals surface area contributed by atoms with Crippen LogP contribution >= 0.6 is 0 Å². The van der Waals surface area contributed by atoms with Crippen molar-refractivity contribution in [1.29, 1.82) is 0 Å². The predicted octanol–water partition coefficient (Wildman–Crippen LogP) is 0.258. The van der Waals surface area contributed by atoms with Gasteiger partial charge in [0.15, 0.2) is 0 Å². The molecule has 5 heteroatoms. The first-order valence-electron chi connectivity index (χ1n) is 4.74. The van der Waals surface area contributed by atoms with Crippen molar-refractivity contribution in [2.45, 2.75) is 19.3 Å². The maximum Gasteiger partial charge on any atom is 0.317 e. The Morgan fingerprint density at radius 3 is 2.00 bits per heavy atom. The second-order valence-electron chi connectivity index (χ2n) is 3.73. The molecule has 0 spiro atoms. The van der Waals surface area contributed by atoms with Gasteiger partial charge in [0.1, 0.15) is 0 Å². The molecule has 1 aliphatic rings. The second-order valence-corrected chi connectivity index (χ2v) is 3.73. The van der Waals surface area contributed by atoms with E-state index in [4.69, 9.17) is 10.2 Å². The summed E-state index contributed by atoms with van der Waals surface area (Å²) < 4.78 is 0. The third-order valence-electron chi connectivity index (χ3n) is 2.27. The fourth-order valence-corrected chi connectivity index (χ4v) is 1.37. The number of hydrogen-bond acceptors (Lipinski definition) is 3. The molecule has 14 heavy (non-hydrogen) atoms. The molecule has 1 saturated carbocycles. The van der Waals surface area contributed by atoms with E-state index in [9.17, 15) is 9.59 Å². The van der Waals surface area contributed by atoms with Gasteiger partial charge in [-0.05, 0) is 18.9 Å². The number of nitrogens with zero attached hydrogens (tertiary/aromatic N) is 1. The fraction of sp³-hybridized carbons (Fsp3) is 0.778. The summed E-state index contributed by atoms with van der Waals surface area (Å²) in [7, 11) is 0. The minimum Gasteiger partial charge on any atom is -0.480 e. The van der Waals surface area contributed by atoms with Gasteiger partial charge < -0.3 is 10.2 Å². The average molecular weight is 201 g/mol. The maximum atomic E-state index is 10.4. The molecule has 2 N–H and O–H groups in total. The molecule has 0 amide bonds. The number of aliphatic carboxylic acids is 2. The molecule has 80 valence electrons. The fourth-order valence-electron chi connectivity index (χ4n) is 1.37. The Morgan fingerprint density at radius 1 is 1.14 bits per heavy atom. The van der Waals surface area contributed by atoms with Crippen molar-refractivity contribution >= 4 is 11.9 Å². The first-order chi connectivity index (χ1) is 6.58. The predicted molar refractivity (Wildman–Crippen MR) is 49.1 cm³/mol. The zero-order valence-electron chi connectivity index (χ0n) is 7.98. The molecule has 0 aliphatic heterocycles. The van der Waals surface area contributed by atoms with Crippen LogP contribution in [0.1, 0.15) is 19.3 Å². The largest absolute Gasteiger partial charge is 0.480 e. The molecule has 0 aromatic rings. The lowest BCUT2D eigenvalue weighted by Crippen LogP contribution is -2.35. The van der Waals surface area contributed by atoms with Gasteiger partial charge in [-0.15, -0.1) is 0 Å². The Bertz CT molecular complexity index is 209. The van der Waals surface area contributed by atoms with Crippen LogP contribution in [0.3, 0.4) is 0 Å². The third kappa shape index (κ3) is 4.81. The van der Waals surface area contributed by atoms with Crippen LogP contribution in [0.15, 0.2) is 0 Å². The highest BCUT2D eigenvalue weighted by Crippen LogP contribution is 2.32. The van der Waals surface area contributed by atoms with E-state index in [0.29, 0.717) is 12.5 Å². The lowest BCUT2D eigenvalue weighted by Gasteiger charge is -2.17. The molecule has 0 atom stereocenters. The number of carbonyl (C=O) groups is 2. The summed E-state index contributed by atoms with van der Waals surface area (Å²) in [5, 5.41) is 17.1. The molecule has 0 saturated heterocycles. The maximum absolute atomic E-state index is 10.4. The van der Waals surface area contributed by atoms with E-state index in [1.54, 1.807) is 0 Å². The van der Waals surface area contributed by atoms with Crippen LogP contribution in [0.2, 0.25) is 0 Å². The minimum absolute atomic E-state index is 0.182. The quantitative estimate of drug-likeness (QED) is 0.617. The topological polar surface area (TPSA) is 77.8 Å². The second kappa shape index (κ2) is 4.95. The molecule has 1 fully saturated rings. The van der Waals surface area contributed by atoms with Crippen molar-refractivity contribution < 1.29 is 19.8 Å². The molecular weight excluding hydrogens is 186 g/mol. The van der Waals surface area contributed by atoms with Gasteiger partial charge in [0, 0.05) is 0 Å². The van der Waals surface area contributed by atoms with Gasteiger partial charge in [-0.2, -0.15) is 0 Å². The van der Waals surface area contributed by atoms with Gasteiger partial charge in [0.2, 0.25) is 0 Å². The van der Waals surface area contributed by atoms with Crippen molar-refractivity contribution in [3.63, 3.8) is 0 Å². The Kier molecular flexibility index (Phi) is 3.88. The van der Waals surface area contributed by atoms with Gasteiger partial charge in [-0.1, -0.05) is 12.8 Å². The molecule has 0 unspecified atom stereocenters. The lowest BCUT2D eigenvalue weighted by atomic mass is 10.2. The molecule has 1 rings (SSSR count). The first-order valence-corrected chi connectivity index (χ1v) is 4.74. The Hall–Kier alpha value is -1.10. The summed E-state index contributed by atoms with van der Waals surface area (Å²) in [6.07, 6.45) is 3.32. The molecule has 0 heterocycles. The van der Waals surface area contributed by atoms with Crippen LogP contribution in [-0.4, -0.2) is 46.7 Å². The van der Waals surface area contributed by atoms with Gasteiger partial charge >= 0.3 is 11.9 Å². The zero-order chi connectivity index (χ0) is 10.6. The molecule has 0 bridgehead atoms. The molecule has 5 nitrogen and oxygen atoms in total. The Morgan fingerprint density at radius 2 is 1.64 bits per heavy atom. The van der Waals surface area contributed by atoms with Crippen LogP contribution in [-0.2, 0) is 9.59 Å². The van der Waals surface area contributed by atoms with E-state index < -0.39 is 11.9 Å². The van der Waals surface area contributed by atoms with Crippen molar-refractivity contribution in [1.82, 2.24) is 4.90 Å². The molecule has 0 aromatic carbocycles. The highest BCUT2D eigenvalue weighted by atomic mass is 16.4. The van der Waals surface area contributed by atoms with Gasteiger partial charge in [0.25, 0.3) is 0 Å². The number of carboxylic acid groups (broad SMARTS) is 2. The summed E-state index contributed by atoms with van der Waals surface area (Å²) in [5.74, 6) is -1.25. The van der Waals surface area contributed by atoms with Gasteiger partial charge in [-0.3, -0.25) is 14.5 Å². The Balaban J connectivity index is 2.25. The number of hydrogen-bond donors (Lipinski definition) is 2. The first kappa shape index (κ1) is 11.0. The summed E-state index contributed by atoms with van der Waals surface area (Å²) in [5.41, 5.74) is 0. The minimum atomic E-state index is -0.970. The highest BCUT2D eigenvalue weighted by molar-refractivity contribution is 5.72. The van der Waals surface area contributed by atoms with Crippen LogP contribution in [0.5, 0.6) is 0 Å². The Labute approximate surface area is 82.3 Å². The van der Waals surface area contributed by atoms with Gasteiger partial charge in [-0.25, -0.2) is 0 Å². The smallest absolute Gasteiger partial charge is 0.317 e. The molecular formula is C9H15NO4. The lowest BCUT2D eigenvalue weighted by molar-refractivity contribution is -0.141. The SMILES string of the molecule is O=C(O)CN(CCC1CC1)CC(=O)O. The number of carboxylic acids is 2. The molecule has 0 aromatic heterocycles. The van der Waals surface area contributed by atoms with E-state index >= 15 is 0 Å². The van der Waals surface area contributed by atoms with E-state index in [1.165, 1.54) is 17.7 Å². The average Bonchev–Trinajstić information content (AvgIpc) is 2.80. The summed E-state index contributed by atoms with van der Waals surface area (Å²) in [6.45, 7) is 0.210. The monoisotopic (exact) mass is 201 g/mol. The van der Waals surface area contributed by atoms with Crippen LogP contribution in [0, 0.1) is 5.92 Å². The normalized spacial score (nSPS) is 15.8. The molecule has 0 radical (unpaired) electrons. The summed E-state index contributed by atoms with van der Waals surface area (Å²) in [6, 6.07) is 0. The van der Waals surface area contributed by atoms with E-state index in [2.05, 4.69) is 0 Å². The highest BCUT2D eigenvalue weighted by Gasteiger charge is 2.23. The van der Waals surface area contributed by atoms with Crippen molar-refractivity contribution in [3.05, 3.63) is 0 Å². The number of rotatable bonds is 7. The zero-order valence-corrected chi connectivity index (χ0v) is 7.98. The third-order valence-corrected chi connectivity index (χ3v) is 2.27. The van der Waals surface area contributed by atoms with E-state index in [1.807, 2.05) is 0 Å². The van der Waals surface area contributed by atoms with Crippen molar-refractivity contribution in [2.24, 2.45) is 5.92 Å². The van der Waals surface area contributed by atoms with E-state index in [-0.39, 0.29) is 13.1 Å². The summed E-state index contributed by atoms with van der Waals surface area (Å²) >= 11 is 0. The van der Waals surface area contributed by atoms with E-state index in [0.717, 1.165) is 6.42 Å².